The first-order valence-electron chi connectivity index (χ1n) is 7.90. The first-order chi connectivity index (χ1) is 11.5. The van der Waals surface area contributed by atoms with Crippen molar-refractivity contribution in [1.29, 1.82) is 0 Å². The molecule has 4 heteroatoms. The Morgan fingerprint density at radius 3 is 1.58 bits per heavy atom. The van der Waals surface area contributed by atoms with Crippen molar-refractivity contribution in [2.45, 2.75) is 13.8 Å². The van der Waals surface area contributed by atoms with Gasteiger partial charge >= 0.3 is 7.12 Å². The van der Waals surface area contributed by atoms with Crippen LogP contribution in [-0.4, -0.2) is 17.2 Å². The Morgan fingerprint density at radius 1 is 0.667 bits per heavy atom. The highest BCUT2D eigenvalue weighted by Crippen LogP contribution is 2.35. The molecule has 24 heavy (non-hydrogen) atoms. The minimum Gasteiger partial charge on any atom is -0.423 e. The van der Waals surface area contributed by atoms with E-state index >= 15 is 0 Å². The molecule has 3 aromatic carbocycles. The van der Waals surface area contributed by atoms with Gasteiger partial charge in [0.2, 0.25) is 0 Å². The molecule has 120 valence electrons. The van der Waals surface area contributed by atoms with Crippen LogP contribution in [-0.2, 0) is 0 Å². The molecule has 0 fully saturated rings. The van der Waals surface area contributed by atoms with Crippen molar-refractivity contribution < 1.29 is 10.0 Å². The summed E-state index contributed by atoms with van der Waals surface area (Å²) >= 11 is 0. The third kappa shape index (κ3) is 3.07. The fourth-order valence-electron chi connectivity index (χ4n) is 2.91. The summed E-state index contributed by atoms with van der Waals surface area (Å²) < 4.78 is 0. The lowest BCUT2D eigenvalue weighted by molar-refractivity contribution is 0.426. The third-order valence-electron chi connectivity index (χ3n) is 4.23. The van der Waals surface area contributed by atoms with Crippen LogP contribution in [0.4, 0.5) is 5.69 Å². The van der Waals surface area contributed by atoms with Gasteiger partial charge in [0.25, 0.3) is 0 Å². The SMILES string of the molecule is Cc1ccc(-c2c(N)ccc(B(O)O)c2-c2ccc(C)cc2)cc1. The molecule has 0 saturated carbocycles. The van der Waals surface area contributed by atoms with Gasteiger partial charge < -0.3 is 15.8 Å². The summed E-state index contributed by atoms with van der Waals surface area (Å²) in [6.45, 7) is 4.05. The van der Waals surface area contributed by atoms with Gasteiger partial charge in [0, 0.05) is 11.3 Å². The third-order valence-corrected chi connectivity index (χ3v) is 4.23. The number of anilines is 1. The highest BCUT2D eigenvalue weighted by atomic mass is 16.4. The van der Waals surface area contributed by atoms with Gasteiger partial charge in [0.05, 0.1) is 0 Å². The Kier molecular flexibility index (Phi) is 4.43. The quantitative estimate of drug-likeness (QED) is 0.514. The zero-order valence-corrected chi connectivity index (χ0v) is 13.8. The van der Waals surface area contributed by atoms with E-state index in [-0.39, 0.29) is 0 Å². The molecule has 0 saturated heterocycles. The van der Waals surface area contributed by atoms with Gasteiger partial charge in [-0.05, 0) is 42.1 Å². The monoisotopic (exact) mass is 317 g/mol. The maximum atomic E-state index is 9.84. The second-order valence-electron chi connectivity index (χ2n) is 6.10. The molecule has 0 spiro atoms. The van der Waals surface area contributed by atoms with E-state index in [1.165, 1.54) is 0 Å². The van der Waals surface area contributed by atoms with E-state index < -0.39 is 7.12 Å². The molecule has 4 N–H and O–H groups in total. The van der Waals surface area contributed by atoms with Gasteiger partial charge in [0.1, 0.15) is 0 Å². The van der Waals surface area contributed by atoms with E-state index in [1.807, 2.05) is 62.4 Å². The molecule has 0 bridgehead atoms. The summed E-state index contributed by atoms with van der Waals surface area (Å²) in [6, 6.07) is 19.4. The van der Waals surface area contributed by atoms with Crippen LogP contribution in [0.3, 0.4) is 0 Å². The normalized spacial score (nSPS) is 10.7. The lowest BCUT2D eigenvalue weighted by Gasteiger charge is -2.18. The number of aryl methyl sites for hydroxylation is 2. The summed E-state index contributed by atoms with van der Waals surface area (Å²) in [6.07, 6.45) is 0. The summed E-state index contributed by atoms with van der Waals surface area (Å²) in [5.41, 5.74) is 13.1. The molecule has 3 aromatic rings. The minimum absolute atomic E-state index is 0.448. The lowest BCUT2D eigenvalue weighted by atomic mass is 9.72. The fourth-order valence-corrected chi connectivity index (χ4v) is 2.91. The van der Waals surface area contributed by atoms with Gasteiger partial charge in [-0.2, -0.15) is 0 Å². The first kappa shape index (κ1) is 16.3. The van der Waals surface area contributed by atoms with Crippen molar-refractivity contribution >= 4 is 18.3 Å². The second-order valence-corrected chi connectivity index (χ2v) is 6.10. The van der Waals surface area contributed by atoms with E-state index in [4.69, 9.17) is 5.73 Å². The summed E-state index contributed by atoms with van der Waals surface area (Å²) in [4.78, 5) is 0. The number of nitrogen functional groups attached to an aromatic ring is 1. The summed E-state index contributed by atoms with van der Waals surface area (Å²) in [5.74, 6) is 0. The second kappa shape index (κ2) is 6.52. The number of benzene rings is 3. The van der Waals surface area contributed by atoms with Crippen LogP contribution in [0.1, 0.15) is 11.1 Å². The van der Waals surface area contributed by atoms with E-state index in [1.54, 1.807) is 12.1 Å². The Bertz CT molecular complexity index is 856. The molecule has 0 heterocycles. The van der Waals surface area contributed by atoms with Crippen LogP contribution < -0.4 is 11.2 Å². The molecular weight excluding hydrogens is 297 g/mol. The molecule has 3 nitrogen and oxygen atoms in total. The number of rotatable bonds is 3. The van der Waals surface area contributed by atoms with E-state index in [0.29, 0.717) is 11.2 Å². The number of hydrogen-bond acceptors (Lipinski definition) is 3. The highest BCUT2D eigenvalue weighted by molar-refractivity contribution is 6.61. The zero-order chi connectivity index (χ0) is 17.3. The molecule has 0 unspecified atom stereocenters. The smallest absolute Gasteiger partial charge is 0.423 e. The van der Waals surface area contributed by atoms with Crippen molar-refractivity contribution in [2.75, 3.05) is 5.73 Å². The topological polar surface area (TPSA) is 66.5 Å². The van der Waals surface area contributed by atoms with Gasteiger partial charge in [-0.3, -0.25) is 0 Å². The average Bonchev–Trinajstić information content (AvgIpc) is 2.56. The van der Waals surface area contributed by atoms with Crippen molar-refractivity contribution in [1.82, 2.24) is 0 Å². The van der Waals surface area contributed by atoms with Crippen LogP contribution in [0, 0.1) is 13.8 Å². The van der Waals surface area contributed by atoms with Crippen molar-refractivity contribution in [3.8, 4) is 22.3 Å². The van der Waals surface area contributed by atoms with Gasteiger partial charge in [-0.25, -0.2) is 0 Å². The summed E-state index contributed by atoms with van der Waals surface area (Å²) in [5, 5.41) is 19.7. The predicted octanol–water partition coefficient (Wildman–Crippen LogP) is 2.90. The lowest BCUT2D eigenvalue weighted by Crippen LogP contribution is -2.32. The molecule has 0 aliphatic rings. The van der Waals surface area contributed by atoms with Gasteiger partial charge in [0.15, 0.2) is 0 Å². The number of hydrogen-bond donors (Lipinski definition) is 3. The van der Waals surface area contributed by atoms with Gasteiger partial charge in [-0.1, -0.05) is 65.7 Å². The van der Waals surface area contributed by atoms with Crippen LogP contribution in [0.5, 0.6) is 0 Å². The van der Waals surface area contributed by atoms with Crippen LogP contribution in [0.2, 0.25) is 0 Å². The number of nitrogens with two attached hydrogens (primary N) is 1. The van der Waals surface area contributed by atoms with Crippen LogP contribution in [0.25, 0.3) is 22.3 Å². The molecular formula is C20H20BNO2. The first-order valence-corrected chi connectivity index (χ1v) is 7.90. The molecule has 3 rings (SSSR count). The Balaban J connectivity index is 2.32. The molecule has 0 amide bonds. The summed E-state index contributed by atoms with van der Waals surface area (Å²) in [7, 11) is -1.56. The Hall–Kier alpha value is -2.56. The molecule has 0 aromatic heterocycles. The molecule has 0 radical (unpaired) electrons. The van der Waals surface area contributed by atoms with E-state index in [2.05, 4.69) is 0 Å². The van der Waals surface area contributed by atoms with E-state index in [9.17, 15) is 10.0 Å². The Labute approximate surface area is 142 Å². The van der Waals surface area contributed by atoms with Crippen molar-refractivity contribution in [2.24, 2.45) is 0 Å². The predicted molar refractivity (Wildman–Crippen MR) is 101 cm³/mol. The van der Waals surface area contributed by atoms with Crippen molar-refractivity contribution in [3.63, 3.8) is 0 Å². The molecule has 0 aliphatic carbocycles. The Morgan fingerprint density at radius 2 is 1.12 bits per heavy atom. The fraction of sp³-hybridized carbons (Fsp3) is 0.100. The largest absolute Gasteiger partial charge is 0.489 e. The average molecular weight is 317 g/mol. The standard InChI is InChI=1S/C20H20BNO2/c1-13-3-7-15(8-4-13)19-17(21(23)24)11-12-18(22)20(19)16-9-5-14(2)6-10-16/h3-12,23-24H,22H2,1-2H3. The van der Waals surface area contributed by atoms with Crippen LogP contribution in [0.15, 0.2) is 60.7 Å². The minimum atomic E-state index is -1.56. The van der Waals surface area contributed by atoms with Gasteiger partial charge in [-0.15, -0.1) is 0 Å². The zero-order valence-electron chi connectivity index (χ0n) is 13.8. The maximum Gasteiger partial charge on any atom is 0.489 e. The van der Waals surface area contributed by atoms with Crippen molar-refractivity contribution in [3.05, 3.63) is 71.8 Å². The molecule has 0 aliphatic heterocycles. The molecule has 0 atom stereocenters. The van der Waals surface area contributed by atoms with E-state index in [0.717, 1.165) is 33.4 Å². The maximum absolute atomic E-state index is 9.84. The van der Waals surface area contributed by atoms with Crippen LogP contribution >= 0.6 is 0 Å². The highest BCUT2D eigenvalue weighted by Gasteiger charge is 2.22.